The van der Waals surface area contributed by atoms with E-state index in [1.54, 1.807) is 0 Å². The molecule has 0 spiro atoms. The molecule has 0 aromatic heterocycles. The van der Waals surface area contributed by atoms with Crippen LogP contribution in [-0.2, 0) is 0 Å². The van der Waals surface area contributed by atoms with Gasteiger partial charge in [0.1, 0.15) is 0 Å². The summed E-state index contributed by atoms with van der Waals surface area (Å²) in [4.78, 5) is 0. The zero-order valence-corrected chi connectivity index (χ0v) is 9.09. The van der Waals surface area contributed by atoms with Gasteiger partial charge >= 0.3 is 0 Å². The predicted octanol–water partition coefficient (Wildman–Crippen LogP) is 2.33. The van der Waals surface area contributed by atoms with E-state index in [1.165, 1.54) is 19.3 Å². The highest BCUT2D eigenvalue weighted by molar-refractivity contribution is 4.84. The number of nitrogens with one attached hydrogen (secondary N) is 1. The molecule has 0 aliphatic carbocycles. The van der Waals surface area contributed by atoms with E-state index in [0.717, 1.165) is 0 Å². The Morgan fingerprint density at radius 2 is 1.92 bits per heavy atom. The number of hydrogen-bond donors (Lipinski definition) is 1. The summed E-state index contributed by atoms with van der Waals surface area (Å²) < 4.78 is 0. The zero-order chi connectivity index (χ0) is 9.84. The van der Waals surface area contributed by atoms with Gasteiger partial charge in [-0.15, -0.1) is 6.58 Å². The second kappa shape index (κ2) is 4.77. The fraction of sp³-hybridized carbons (Fsp3) is 0.818. The van der Waals surface area contributed by atoms with E-state index in [2.05, 4.69) is 37.8 Å². The highest BCUT2D eigenvalue weighted by atomic mass is 15.5. The second-order valence-corrected chi connectivity index (χ2v) is 4.19. The number of nitrogens with zero attached hydrogens (tertiary/aromatic N) is 1. The average Bonchev–Trinajstić information content (AvgIpc) is 2.11. The number of hydrazine groups is 1. The fourth-order valence-electron chi connectivity index (χ4n) is 1.96. The molecule has 0 saturated carbocycles. The normalized spacial score (nSPS) is 32.8. The number of rotatable bonds is 3. The minimum Gasteiger partial charge on any atom is -0.248 e. The molecular formula is C11H22N2. The van der Waals surface area contributed by atoms with Gasteiger partial charge in [0.05, 0.1) is 0 Å². The van der Waals surface area contributed by atoms with Crippen molar-refractivity contribution < 1.29 is 0 Å². The first-order valence-electron chi connectivity index (χ1n) is 5.32. The maximum absolute atomic E-state index is 3.79. The third-order valence-electron chi connectivity index (χ3n) is 2.90. The lowest BCUT2D eigenvalue weighted by atomic mass is 10.00. The van der Waals surface area contributed by atoms with Gasteiger partial charge in [-0.25, -0.2) is 10.4 Å². The van der Waals surface area contributed by atoms with Crippen molar-refractivity contribution in [2.75, 3.05) is 0 Å². The van der Waals surface area contributed by atoms with Crippen molar-refractivity contribution >= 4 is 0 Å². The lowest BCUT2D eigenvalue weighted by Gasteiger charge is -2.40. The molecule has 0 aromatic carbocycles. The second-order valence-electron chi connectivity index (χ2n) is 4.19. The lowest BCUT2D eigenvalue weighted by Crippen LogP contribution is -2.54. The number of hydrogen-bond acceptors (Lipinski definition) is 2. The SMILES string of the molecule is C=CC(C)NN1C(C)CCCC1C. The molecule has 0 amide bonds. The van der Waals surface area contributed by atoms with Crippen LogP contribution in [0.3, 0.4) is 0 Å². The van der Waals surface area contributed by atoms with Gasteiger partial charge in [-0.05, 0) is 33.6 Å². The third-order valence-corrected chi connectivity index (χ3v) is 2.90. The minimum absolute atomic E-state index is 0.378. The molecule has 76 valence electrons. The van der Waals surface area contributed by atoms with Crippen molar-refractivity contribution in [2.24, 2.45) is 0 Å². The van der Waals surface area contributed by atoms with E-state index in [0.29, 0.717) is 18.1 Å². The van der Waals surface area contributed by atoms with Crippen LogP contribution in [0.2, 0.25) is 0 Å². The van der Waals surface area contributed by atoms with Crippen LogP contribution in [0.25, 0.3) is 0 Å². The minimum atomic E-state index is 0.378. The van der Waals surface area contributed by atoms with Gasteiger partial charge in [0, 0.05) is 18.1 Å². The van der Waals surface area contributed by atoms with Gasteiger partial charge in [0.15, 0.2) is 0 Å². The summed E-state index contributed by atoms with van der Waals surface area (Å²) in [6, 6.07) is 1.69. The van der Waals surface area contributed by atoms with Crippen LogP contribution in [0.15, 0.2) is 12.7 Å². The standard InChI is InChI=1S/C11H22N2/c1-5-9(2)12-13-10(3)7-6-8-11(13)4/h5,9-12H,1,6-8H2,2-4H3. The van der Waals surface area contributed by atoms with Crippen molar-refractivity contribution in [3.8, 4) is 0 Å². The Bertz CT molecular complexity index is 157. The van der Waals surface area contributed by atoms with Crippen LogP contribution in [0.1, 0.15) is 40.0 Å². The molecule has 1 N–H and O–H groups in total. The molecule has 2 heteroatoms. The van der Waals surface area contributed by atoms with Gasteiger partial charge in [-0.1, -0.05) is 12.5 Å². The van der Waals surface area contributed by atoms with Gasteiger partial charge in [0.2, 0.25) is 0 Å². The Morgan fingerprint density at radius 3 is 2.38 bits per heavy atom. The fourth-order valence-corrected chi connectivity index (χ4v) is 1.96. The Balaban J connectivity index is 2.48. The topological polar surface area (TPSA) is 15.3 Å². The van der Waals surface area contributed by atoms with Gasteiger partial charge < -0.3 is 0 Å². The predicted molar refractivity (Wildman–Crippen MR) is 57.4 cm³/mol. The van der Waals surface area contributed by atoms with Crippen LogP contribution in [0.4, 0.5) is 0 Å². The molecule has 1 aliphatic rings. The van der Waals surface area contributed by atoms with Crippen molar-refractivity contribution in [2.45, 2.75) is 58.2 Å². The van der Waals surface area contributed by atoms with Gasteiger partial charge in [0.25, 0.3) is 0 Å². The maximum Gasteiger partial charge on any atom is 0.0364 e. The molecule has 1 rings (SSSR count). The van der Waals surface area contributed by atoms with Crippen LogP contribution in [-0.4, -0.2) is 23.1 Å². The van der Waals surface area contributed by atoms with Gasteiger partial charge in [-0.3, -0.25) is 0 Å². The molecular weight excluding hydrogens is 160 g/mol. The smallest absolute Gasteiger partial charge is 0.0364 e. The van der Waals surface area contributed by atoms with Crippen molar-refractivity contribution in [1.82, 2.24) is 10.4 Å². The Morgan fingerprint density at radius 1 is 1.38 bits per heavy atom. The summed E-state index contributed by atoms with van der Waals surface area (Å²) >= 11 is 0. The molecule has 1 fully saturated rings. The molecule has 2 nitrogen and oxygen atoms in total. The molecule has 0 radical (unpaired) electrons. The van der Waals surface area contributed by atoms with E-state index in [4.69, 9.17) is 0 Å². The summed E-state index contributed by atoms with van der Waals surface area (Å²) in [5.41, 5.74) is 3.48. The van der Waals surface area contributed by atoms with E-state index >= 15 is 0 Å². The van der Waals surface area contributed by atoms with E-state index < -0.39 is 0 Å². The van der Waals surface area contributed by atoms with Crippen LogP contribution in [0.5, 0.6) is 0 Å². The molecule has 3 atom stereocenters. The summed E-state index contributed by atoms with van der Waals surface area (Å²) in [6.45, 7) is 10.5. The summed E-state index contributed by atoms with van der Waals surface area (Å²) in [5, 5.41) is 2.38. The van der Waals surface area contributed by atoms with E-state index in [1.807, 2.05) is 6.08 Å². The summed E-state index contributed by atoms with van der Waals surface area (Å²) in [5.74, 6) is 0. The average molecular weight is 182 g/mol. The Kier molecular flexibility index (Phi) is 3.94. The molecule has 0 bridgehead atoms. The van der Waals surface area contributed by atoms with Crippen LogP contribution >= 0.6 is 0 Å². The lowest BCUT2D eigenvalue weighted by molar-refractivity contribution is 0.0391. The number of piperidine rings is 1. The maximum atomic E-state index is 3.79. The molecule has 1 heterocycles. The molecule has 0 aromatic rings. The molecule has 3 unspecified atom stereocenters. The highest BCUT2D eigenvalue weighted by Gasteiger charge is 2.24. The third kappa shape index (κ3) is 2.82. The first kappa shape index (κ1) is 10.7. The highest BCUT2D eigenvalue weighted by Crippen LogP contribution is 2.20. The van der Waals surface area contributed by atoms with E-state index in [9.17, 15) is 0 Å². The summed E-state index contributed by atoms with van der Waals surface area (Å²) in [6.07, 6.45) is 5.93. The monoisotopic (exact) mass is 182 g/mol. The van der Waals surface area contributed by atoms with Crippen molar-refractivity contribution in [3.63, 3.8) is 0 Å². The van der Waals surface area contributed by atoms with Crippen LogP contribution in [0, 0.1) is 0 Å². The van der Waals surface area contributed by atoms with E-state index in [-0.39, 0.29) is 0 Å². The zero-order valence-electron chi connectivity index (χ0n) is 9.09. The largest absolute Gasteiger partial charge is 0.248 e. The first-order chi connectivity index (χ1) is 6.15. The Hall–Kier alpha value is -0.340. The first-order valence-corrected chi connectivity index (χ1v) is 5.32. The Labute approximate surface area is 82.0 Å². The molecule has 1 saturated heterocycles. The van der Waals surface area contributed by atoms with Crippen molar-refractivity contribution in [1.29, 1.82) is 0 Å². The summed E-state index contributed by atoms with van der Waals surface area (Å²) in [7, 11) is 0. The van der Waals surface area contributed by atoms with Crippen molar-refractivity contribution in [3.05, 3.63) is 12.7 Å². The quantitative estimate of drug-likeness (QED) is 0.674. The van der Waals surface area contributed by atoms with Crippen LogP contribution < -0.4 is 5.43 Å². The van der Waals surface area contributed by atoms with Gasteiger partial charge in [-0.2, -0.15) is 0 Å². The molecule has 1 aliphatic heterocycles. The molecule has 13 heavy (non-hydrogen) atoms.